The fourth-order valence-corrected chi connectivity index (χ4v) is 4.37. The van der Waals surface area contributed by atoms with Crippen molar-refractivity contribution >= 4 is 16.7 Å². The van der Waals surface area contributed by atoms with Gasteiger partial charge in [-0.25, -0.2) is 13.2 Å². The van der Waals surface area contributed by atoms with Crippen molar-refractivity contribution in [1.82, 2.24) is 9.88 Å². The van der Waals surface area contributed by atoms with Crippen LogP contribution in [0.25, 0.3) is 21.9 Å². The highest BCUT2D eigenvalue weighted by atomic mass is 19.2. The van der Waals surface area contributed by atoms with Crippen LogP contribution in [0.15, 0.2) is 65.5 Å². The summed E-state index contributed by atoms with van der Waals surface area (Å²) < 4.78 is 47.0. The van der Waals surface area contributed by atoms with Crippen LogP contribution >= 0.6 is 0 Å². The fourth-order valence-electron chi connectivity index (χ4n) is 4.37. The maximum atomic E-state index is 14.1. The molecule has 0 unspecified atom stereocenters. The third-order valence-electron chi connectivity index (χ3n) is 6.12. The molecule has 1 amide bonds. The quantitative estimate of drug-likeness (QED) is 0.467. The Balaban J connectivity index is 1.51. The number of H-pyrrole nitrogens is 1. The predicted octanol–water partition coefficient (Wildman–Crippen LogP) is 4.96. The maximum absolute atomic E-state index is 14.1. The SMILES string of the molecule is CN(C(=O)c1ccc(-c2cccc(F)c2)cc1)[C@H]1COCc2[nH]c(=O)c3cc(F)c(F)cc3c21. The number of hydrogen-bond acceptors (Lipinski definition) is 3. The van der Waals surface area contributed by atoms with E-state index in [2.05, 4.69) is 4.98 Å². The summed E-state index contributed by atoms with van der Waals surface area (Å²) in [6, 6.07) is 14.1. The molecule has 1 aliphatic rings. The lowest BCUT2D eigenvalue weighted by molar-refractivity contribution is 0.0335. The lowest BCUT2D eigenvalue weighted by atomic mass is 9.95. The number of hydrogen-bond donors (Lipinski definition) is 1. The highest BCUT2D eigenvalue weighted by molar-refractivity contribution is 5.95. The van der Waals surface area contributed by atoms with Gasteiger partial charge in [0.2, 0.25) is 0 Å². The Morgan fingerprint density at radius 3 is 2.38 bits per heavy atom. The summed E-state index contributed by atoms with van der Waals surface area (Å²) in [5, 5.41) is 0.247. The van der Waals surface area contributed by atoms with Crippen molar-refractivity contribution in [2.75, 3.05) is 13.7 Å². The number of halogens is 3. The summed E-state index contributed by atoms with van der Waals surface area (Å²) in [5.74, 6) is -2.87. The lowest BCUT2D eigenvalue weighted by Crippen LogP contribution is -2.37. The average Bonchev–Trinajstić information content (AvgIpc) is 2.84. The molecule has 172 valence electrons. The van der Waals surface area contributed by atoms with Crippen molar-refractivity contribution in [3.05, 3.63) is 105 Å². The number of carbonyl (C=O) groups is 1. The smallest absolute Gasteiger partial charge is 0.256 e. The summed E-state index contributed by atoms with van der Waals surface area (Å²) in [7, 11) is 1.59. The Morgan fingerprint density at radius 1 is 0.971 bits per heavy atom. The molecule has 3 aromatic carbocycles. The predicted molar refractivity (Wildman–Crippen MR) is 121 cm³/mol. The summed E-state index contributed by atoms with van der Waals surface area (Å²) in [5.41, 5.74) is 2.21. The third kappa shape index (κ3) is 3.76. The Bertz CT molecular complexity index is 1480. The second-order valence-electron chi connectivity index (χ2n) is 8.19. The van der Waals surface area contributed by atoms with Gasteiger partial charge in [0.25, 0.3) is 11.5 Å². The van der Waals surface area contributed by atoms with Crippen molar-refractivity contribution in [2.45, 2.75) is 12.6 Å². The molecule has 2 heterocycles. The summed E-state index contributed by atoms with van der Waals surface area (Å²) in [6.45, 7) is 0.205. The van der Waals surface area contributed by atoms with E-state index >= 15 is 0 Å². The van der Waals surface area contributed by atoms with Crippen molar-refractivity contribution in [3.8, 4) is 11.1 Å². The second-order valence-corrected chi connectivity index (χ2v) is 8.19. The van der Waals surface area contributed by atoms with E-state index in [0.717, 1.165) is 17.7 Å². The molecule has 8 heteroatoms. The van der Waals surface area contributed by atoms with Gasteiger partial charge < -0.3 is 14.6 Å². The molecule has 0 bridgehead atoms. The Morgan fingerprint density at radius 2 is 1.68 bits per heavy atom. The van der Waals surface area contributed by atoms with Crippen LogP contribution in [0.2, 0.25) is 0 Å². The van der Waals surface area contributed by atoms with Crippen molar-refractivity contribution in [3.63, 3.8) is 0 Å². The molecule has 4 aromatic rings. The molecule has 5 rings (SSSR count). The molecule has 1 atom stereocenters. The topological polar surface area (TPSA) is 62.4 Å². The fraction of sp³-hybridized carbons (Fsp3) is 0.154. The minimum atomic E-state index is -1.12. The maximum Gasteiger partial charge on any atom is 0.256 e. The zero-order valence-electron chi connectivity index (χ0n) is 18.1. The van der Waals surface area contributed by atoms with Gasteiger partial charge in [0, 0.05) is 23.9 Å². The van der Waals surface area contributed by atoms with E-state index in [4.69, 9.17) is 4.74 Å². The summed E-state index contributed by atoms with van der Waals surface area (Å²) in [4.78, 5) is 29.8. The number of pyridine rings is 1. The standard InChI is InChI=1S/C26H19F3N2O3/c1-31(26(33)15-7-5-14(6-8-15)16-3-2-4-17(27)9-16)23-13-34-12-22-24(23)18-10-20(28)21(29)11-19(18)25(32)30-22/h2-11,23H,12-13H2,1H3,(H,30,32)/t23-/m0/s1. The van der Waals surface area contributed by atoms with Crippen LogP contribution < -0.4 is 5.56 Å². The molecule has 34 heavy (non-hydrogen) atoms. The van der Waals surface area contributed by atoms with Gasteiger partial charge in [-0.3, -0.25) is 9.59 Å². The number of aromatic amines is 1. The van der Waals surface area contributed by atoms with Gasteiger partial charge in [0.05, 0.1) is 24.6 Å². The Kier molecular flexibility index (Phi) is 5.45. The van der Waals surface area contributed by atoms with E-state index in [1.807, 2.05) is 0 Å². The van der Waals surface area contributed by atoms with Gasteiger partial charge in [-0.1, -0.05) is 24.3 Å². The van der Waals surface area contributed by atoms with Crippen molar-refractivity contribution < 1.29 is 22.7 Å². The number of likely N-dealkylation sites (N-methyl/N-ethyl adjacent to an activating group) is 1. The van der Waals surface area contributed by atoms with Gasteiger partial charge >= 0.3 is 0 Å². The first-order valence-corrected chi connectivity index (χ1v) is 10.6. The second kappa shape index (κ2) is 8.46. The third-order valence-corrected chi connectivity index (χ3v) is 6.12. The van der Waals surface area contributed by atoms with E-state index < -0.39 is 23.2 Å². The van der Waals surface area contributed by atoms with Crippen LogP contribution in [0.1, 0.15) is 27.7 Å². The molecule has 0 fully saturated rings. The van der Waals surface area contributed by atoms with Gasteiger partial charge in [-0.05, 0) is 52.9 Å². The number of nitrogens with one attached hydrogen (secondary N) is 1. The molecule has 1 N–H and O–H groups in total. The highest BCUT2D eigenvalue weighted by Gasteiger charge is 2.31. The molecule has 1 aromatic heterocycles. The Labute approximate surface area is 192 Å². The molecule has 0 radical (unpaired) electrons. The lowest BCUT2D eigenvalue weighted by Gasteiger charge is -2.34. The van der Waals surface area contributed by atoms with Crippen molar-refractivity contribution in [2.24, 2.45) is 0 Å². The molecule has 1 aliphatic heterocycles. The van der Waals surface area contributed by atoms with E-state index in [0.29, 0.717) is 22.4 Å². The first-order chi connectivity index (χ1) is 16.3. The molecule has 0 saturated carbocycles. The number of amides is 1. The van der Waals surface area contributed by atoms with Gasteiger partial charge in [0.1, 0.15) is 5.82 Å². The summed E-state index contributed by atoms with van der Waals surface area (Å²) >= 11 is 0. The molecular formula is C26H19F3N2O3. The highest BCUT2D eigenvalue weighted by Crippen LogP contribution is 2.34. The van der Waals surface area contributed by atoms with E-state index in [9.17, 15) is 22.8 Å². The number of nitrogens with zero attached hydrogens (tertiary/aromatic N) is 1. The van der Waals surface area contributed by atoms with Crippen LogP contribution in [0.3, 0.4) is 0 Å². The number of carbonyl (C=O) groups excluding carboxylic acids is 1. The number of rotatable bonds is 3. The van der Waals surface area contributed by atoms with Gasteiger partial charge in [-0.2, -0.15) is 0 Å². The Hall–Kier alpha value is -3.91. The van der Waals surface area contributed by atoms with Crippen LogP contribution in [-0.4, -0.2) is 29.4 Å². The molecule has 0 aliphatic carbocycles. The van der Waals surface area contributed by atoms with Crippen LogP contribution in [-0.2, 0) is 11.3 Å². The zero-order chi connectivity index (χ0) is 24.0. The zero-order valence-corrected chi connectivity index (χ0v) is 18.1. The monoisotopic (exact) mass is 464 g/mol. The van der Waals surface area contributed by atoms with Crippen LogP contribution in [0, 0.1) is 17.5 Å². The van der Waals surface area contributed by atoms with Crippen LogP contribution in [0.5, 0.6) is 0 Å². The van der Waals surface area contributed by atoms with E-state index in [1.54, 1.807) is 43.4 Å². The number of benzene rings is 3. The van der Waals surface area contributed by atoms with Crippen molar-refractivity contribution in [1.29, 1.82) is 0 Å². The van der Waals surface area contributed by atoms with E-state index in [-0.39, 0.29) is 35.7 Å². The number of aromatic nitrogens is 1. The average molecular weight is 464 g/mol. The van der Waals surface area contributed by atoms with Gasteiger partial charge in [0.15, 0.2) is 11.6 Å². The van der Waals surface area contributed by atoms with Crippen LogP contribution in [0.4, 0.5) is 13.2 Å². The molecule has 0 saturated heterocycles. The first-order valence-electron chi connectivity index (χ1n) is 10.6. The molecule has 5 nitrogen and oxygen atoms in total. The summed E-state index contributed by atoms with van der Waals surface area (Å²) in [6.07, 6.45) is 0. The normalized spacial score (nSPS) is 15.2. The number of ether oxygens (including phenoxy) is 1. The number of fused-ring (bicyclic) bond motifs is 3. The first kappa shape index (κ1) is 21.9. The minimum Gasteiger partial charge on any atom is -0.373 e. The minimum absolute atomic E-state index is 0.00449. The van der Waals surface area contributed by atoms with Gasteiger partial charge in [-0.15, -0.1) is 0 Å². The van der Waals surface area contributed by atoms with E-state index in [1.165, 1.54) is 17.0 Å². The molecular weight excluding hydrogens is 445 g/mol. The largest absolute Gasteiger partial charge is 0.373 e. The molecule has 0 spiro atoms.